The highest BCUT2D eigenvalue weighted by molar-refractivity contribution is 5.85. The minimum atomic E-state index is -0.466. The predicted octanol–water partition coefficient (Wildman–Crippen LogP) is 2.89. The highest BCUT2D eigenvalue weighted by Gasteiger charge is 2.34. The Bertz CT molecular complexity index is 748. The molecule has 0 amide bonds. The molecule has 2 bridgehead atoms. The summed E-state index contributed by atoms with van der Waals surface area (Å²) in [5.41, 5.74) is 0.0623. The topological polar surface area (TPSA) is 60.7 Å². The minimum absolute atomic E-state index is 0. The summed E-state index contributed by atoms with van der Waals surface area (Å²) in [7, 11) is 1.46. The first kappa shape index (κ1) is 16.1. The van der Waals surface area contributed by atoms with E-state index >= 15 is 0 Å². The molecule has 0 saturated carbocycles. The van der Waals surface area contributed by atoms with Crippen molar-refractivity contribution < 1.29 is 13.9 Å². The number of methoxy groups -OCH3 is 1. The average molecular weight is 338 g/mol. The second-order valence-electron chi connectivity index (χ2n) is 6.15. The lowest BCUT2D eigenvalue weighted by molar-refractivity contribution is 0.137. The summed E-state index contributed by atoms with van der Waals surface area (Å²) in [6.07, 6.45) is 4.82. The molecular formula is C17H20ClNO4. The van der Waals surface area contributed by atoms with E-state index in [9.17, 15) is 4.79 Å². The van der Waals surface area contributed by atoms with Crippen LogP contribution in [0.25, 0.3) is 11.0 Å². The molecule has 4 rings (SSSR count). The van der Waals surface area contributed by atoms with Crippen LogP contribution >= 0.6 is 12.4 Å². The molecule has 1 aromatic carbocycles. The van der Waals surface area contributed by atoms with E-state index in [4.69, 9.17) is 13.9 Å². The fourth-order valence-electron chi connectivity index (χ4n) is 3.58. The van der Waals surface area contributed by atoms with Crippen LogP contribution in [0.4, 0.5) is 0 Å². The van der Waals surface area contributed by atoms with Gasteiger partial charge in [0.15, 0.2) is 0 Å². The van der Waals surface area contributed by atoms with Crippen LogP contribution in [0.3, 0.4) is 0 Å². The van der Waals surface area contributed by atoms with E-state index in [1.807, 2.05) is 12.1 Å². The zero-order valence-corrected chi connectivity index (χ0v) is 13.7. The number of fused-ring (bicyclic) bond motifs is 3. The van der Waals surface area contributed by atoms with Crippen molar-refractivity contribution in [2.24, 2.45) is 0 Å². The summed E-state index contributed by atoms with van der Waals surface area (Å²) in [6.45, 7) is 0. The van der Waals surface area contributed by atoms with E-state index in [0.717, 1.165) is 24.0 Å². The van der Waals surface area contributed by atoms with Gasteiger partial charge in [-0.25, -0.2) is 4.79 Å². The number of hydrogen-bond donors (Lipinski definition) is 1. The van der Waals surface area contributed by atoms with E-state index < -0.39 is 5.63 Å². The van der Waals surface area contributed by atoms with Crippen molar-refractivity contribution in [2.75, 3.05) is 7.11 Å². The van der Waals surface area contributed by atoms with Gasteiger partial charge in [0.05, 0.1) is 7.11 Å². The van der Waals surface area contributed by atoms with E-state index in [2.05, 4.69) is 5.32 Å². The number of benzene rings is 1. The van der Waals surface area contributed by atoms with Crippen LogP contribution in [0.15, 0.2) is 33.5 Å². The first-order valence-electron chi connectivity index (χ1n) is 7.76. The molecule has 5 nitrogen and oxygen atoms in total. The van der Waals surface area contributed by atoms with Gasteiger partial charge in [-0.15, -0.1) is 12.4 Å². The summed E-state index contributed by atoms with van der Waals surface area (Å²) >= 11 is 0. The molecule has 2 aliphatic rings. The third-order valence-corrected chi connectivity index (χ3v) is 4.63. The highest BCUT2D eigenvalue weighted by Crippen LogP contribution is 2.30. The molecule has 23 heavy (non-hydrogen) atoms. The molecule has 6 heteroatoms. The molecular weight excluding hydrogens is 318 g/mol. The van der Waals surface area contributed by atoms with Crippen molar-refractivity contribution >= 4 is 23.4 Å². The third kappa shape index (κ3) is 3.16. The van der Waals surface area contributed by atoms with Crippen LogP contribution in [0, 0.1) is 0 Å². The smallest absolute Gasteiger partial charge is 0.379 e. The monoisotopic (exact) mass is 337 g/mol. The summed E-state index contributed by atoms with van der Waals surface area (Å²) < 4.78 is 16.4. The van der Waals surface area contributed by atoms with Crippen molar-refractivity contribution in [3.63, 3.8) is 0 Å². The fourth-order valence-corrected chi connectivity index (χ4v) is 3.58. The number of piperidine rings is 1. The zero-order valence-electron chi connectivity index (χ0n) is 12.9. The summed E-state index contributed by atoms with van der Waals surface area (Å²) in [5.74, 6) is 0.975. The summed E-state index contributed by atoms with van der Waals surface area (Å²) in [5, 5.41) is 4.43. The fraction of sp³-hybridized carbons (Fsp3) is 0.471. The van der Waals surface area contributed by atoms with Gasteiger partial charge in [-0.2, -0.15) is 0 Å². The maximum Gasteiger partial charge on any atom is 0.379 e. The van der Waals surface area contributed by atoms with Crippen LogP contribution in [0.2, 0.25) is 0 Å². The lowest BCUT2D eigenvalue weighted by Gasteiger charge is -2.29. The number of hydrogen-bond acceptors (Lipinski definition) is 5. The van der Waals surface area contributed by atoms with Crippen LogP contribution in [-0.2, 0) is 0 Å². The number of halogens is 1. The second kappa shape index (κ2) is 6.42. The Morgan fingerprint density at radius 2 is 1.91 bits per heavy atom. The van der Waals surface area contributed by atoms with Gasteiger partial charge < -0.3 is 19.2 Å². The Morgan fingerprint density at radius 1 is 1.17 bits per heavy atom. The van der Waals surface area contributed by atoms with E-state index in [0.29, 0.717) is 17.7 Å². The Hall–Kier alpha value is -1.72. The van der Waals surface area contributed by atoms with Crippen LogP contribution in [0.5, 0.6) is 11.5 Å². The van der Waals surface area contributed by atoms with Crippen molar-refractivity contribution in [1.29, 1.82) is 0 Å². The molecule has 0 aliphatic carbocycles. The molecule has 2 atom stereocenters. The molecule has 3 heterocycles. The number of nitrogens with one attached hydrogen (secondary N) is 1. The first-order valence-corrected chi connectivity index (χ1v) is 7.76. The largest absolute Gasteiger partial charge is 0.490 e. The molecule has 124 valence electrons. The van der Waals surface area contributed by atoms with Crippen molar-refractivity contribution in [3.8, 4) is 11.5 Å². The van der Waals surface area contributed by atoms with Crippen molar-refractivity contribution in [2.45, 2.75) is 43.9 Å². The second-order valence-corrected chi connectivity index (χ2v) is 6.15. The minimum Gasteiger partial charge on any atom is -0.490 e. The molecule has 2 saturated heterocycles. The molecule has 0 unspecified atom stereocenters. The Labute approximate surface area is 140 Å². The van der Waals surface area contributed by atoms with Crippen LogP contribution in [0.1, 0.15) is 25.7 Å². The van der Waals surface area contributed by atoms with E-state index in [-0.39, 0.29) is 24.3 Å². The average Bonchev–Trinajstić information content (AvgIpc) is 2.85. The summed E-state index contributed by atoms with van der Waals surface area (Å²) in [6, 6.07) is 8.48. The molecule has 1 N–H and O–H groups in total. The molecule has 2 fully saturated rings. The Balaban J connectivity index is 0.00000156. The lowest BCUT2D eigenvalue weighted by Crippen LogP contribution is -2.42. The lowest BCUT2D eigenvalue weighted by atomic mass is 10.0. The maximum atomic E-state index is 11.7. The SMILES string of the molecule is COc1cc2ccc(OC3C[C@H]4CC[C@H](C3)N4)cc2oc1=O.Cl. The predicted molar refractivity (Wildman–Crippen MR) is 89.9 cm³/mol. The zero-order chi connectivity index (χ0) is 15.1. The van der Waals surface area contributed by atoms with Gasteiger partial charge >= 0.3 is 5.63 Å². The maximum absolute atomic E-state index is 11.7. The quantitative estimate of drug-likeness (QED) is 0.873. The van der Waals surface area contributed by atoms with Gasteiger partial charge in [0.1, 0.15) is 17.4 Å². The first-order chi connectivity index (χ1) is 10.7. The van der Waals surface area contributed by atoms with Crippen LogP contribution < -0.4 is 20.4 Å². The van der Waals surface area contributed by atoms with E-state index in [1.165, 1.54) is 20.0 Å². The van der Waals surface area contributed by atoms with Crippen molar-refractivity contribution in [1.82, 2.24) is 5.32 Å². The Morgan fingerprint density at radius 3 is 2.61 bits per heavy atom. The molecule has 2 aliphatic heterocycles. The standard InChI is InChI=1S/C17H19NO4.ClH/c1-20-16-6-10-2-5-13(9-15(10)22-17(16)19)21-14-7-11-3-4-12(8-14)18-11;/h2,5-6,9,11-12,14,18H,3-4,7-8H2,1H3;1H/t11-,12-;/m1./s1. The van der Waals surface area contributed by atoms with Gasteiger partial charge in [0, 0.05) is 23.5 Å². The third-order valence-electron chi connectivity index (χ3n) is 4.63. The summed E-state index contributed by atoms with van der Waals surface area (Å²) in [4.78, 5) is 11.7. The molecule has 0 radical (unpaired) electrons. The van der Waals surface area contributed by atoms with Gasteiger partial charge in [-0.1, -0.05) is 0 Å². The van der Waals surface area contributed by atoms with Crippen molar-refractivity contribution in [3.05, 3.63) is 34.7 Å². The van der Waals surface area contributed by atoms with Gasteiger partial charge in [-0.3, -0.25) is 0 Å². The normalized spacial score (nSPS) is 25.9. The number of ether oxygens (including phenoxy) is 2. The van der Waals surface area contributed by atoms with Crippen LogP contribution in [-0.4, -0.2) is 25.3 Å². The van der Waals surface area contributed by atoms with Gasteiger partial charge in [0.2, 0.25) is 5.75 Å². The number of rotatable bonds is 3. The highest BCUT2D eigenvalue weighted by atomic mass is 35.5. The molecule has 1 aromatic heterocycles. The van der Waals surface area contributed by atoms with E-state index in [1.54, 1.807) is 12.1 Å². The molecule has 0 spiro atoms. The molecule has 2 aromatic rings. The van der Waals surface area contributed by atoms with Gasteiger partial charge in [0.25, 0.3) is 0 Å². The Kier molecular flexibility index (Phi) is 4.50. The van der Waals surface area contributed by atoms with Gasteiger partial charge in [-0.05, 0) is 43.9 Å².